The SMILES string of the molecule is Cc1cc(C(F)(F)F)nc2[nH]nc(NC(=O)C3CC(c4c(F)cccc4Cl)=NO3)c12. The number of hydrogen-bond acceptors (Lipinski definition) is 5. The number of nitrogens with zero attached hydrogens (tertiary/aromatic N) is 3. The second-order valence-corrected chi connectivity index (χ2v) is 6.95. The van der Waals surface area contributed by atoms with E-state index in [-0.39, 0.29) is 45.1 Å². The number of aromatic amines is 1. The van der Waals surface area contributed by atoms with Crippen LogP contribution in [0.15, 0.2) is 29.4 Å². The van der Waals surface area contributed by atoms with E-state index in [9.17, 15) is 22.4 Å². The van der Waals surface area contributed by atoms with Gasteiger partial charge in [-0.25, -0.2) is 9.37 Å². The minimum Gasteiger partial charge on any atom is -0.382 e. The number of fused-ring (bicyclic) bond motifs is 1. The number of amides is 1. The van der Waals surface area contributed by atoms with Gasteiger partial charge in [0.1, 0.15) is 11.5 Å². The molecule has 1 aliphatic heterocycles. The third-order valence-electron chi connectivity index (χ3n) is 4.47. The molecule has 156 valence electrons. The van der Waals surface area contributed by atoms with Crippen molar-refractivity contribution < 1.29 is 27.2 Å². The fraction of sp³-hybridized carbons (Fsp3) is 0.222. The number of benzene rings is 1. The number of aryl methyl sites for hydroxylation is 1. The summed E-state index contributed by atoms with van der Waals surface area (Å²) >= 11 is 6.00. The van der Waals surface area contributed by atoms with Gasteiger partial charge in [-0.2, -0.15) is 18.3 Å². The summed E-state index contributed by atoms with van der Waals surface area (Å²) in [5.74, 6) is -1.27. The van der Waals surface area contributed by atoms with Crippen molar-refractivity contribution in [3.63, 3.8) is 0 Å². The first kappa shape index (κ1) is 20.1. The summed E-state index contributed by atoms with van der Waals surface area (Å²) in [5, 5.41) is 12.8. The van der Waals surface area contributed by atoms with Crippen LogP contribution < -0.4 is 5.32 Å². The van der Waals surface area contributed by atoms with Gasteiger partial charge in [0.2, 0.25) is 6.10 Å². The molecule has 4 rings (SSSR count). The van der Waals surface area contributed by atoms with E-state index in [0.29, 0.717) is 0 Å². The molecular weight excluding hydrogens is 430 g/mol. The van der Waals surface area contributed by atoms with Crippen LogP contribution in [0.25, 0.3) is 11.0 Å². The number of nitrogens with one attached hydrogen (secondary N) is 2. The molecule has 2 aromatic heterocycles. The van der Waals surface area contributed by atoms with Crippen molar-refractivity contribution in [2.24, 2.45) is 5.16 Å². The molecule has 7 nitrogen and oxygen atoms in total. The van der Waals surface area contributed by atoms with Gasteiger partial charge in [-0.3, -0.25) is 9.89 Å². The van der Waals surface area contributed by atoms with E-state index >= 15 is 0 Å². The van der Waals surface area contributed by atoms with Crippen molar-refractivity contribution in [1.82, 2.24) is 15.2 Å². The summed E-state index contributed by atoms with van der Waals surface area (Å²) in [6.45, 7) is 1.44. The number of alkyl halides is 3. The molecule has 0 saturated heterocycles. The third kappa shape index (κ3) is 3.56. The lowest BCUT2D eigenvalue weighted by Crippen LogP contribution is -2.28. The molecule has 12 heteroatoms. The molecule has 30 heavy (non-hydrogen) atoms. The van der Waals surface area contributed by atoms with E-state index in [1.54, 1.807) is 0 Å². The van der Waals surface area contributed by atoms with Gasteiger partial charge in [0.25, 0.3) is 5.91 Å². The van der Waals surface area contributed by atoms with Gasteiger partial charge in [-0.1, -0.05) is 22.8 Å². The molecule has 0 bridgehead atoms. The molecule has 3 aromatic rings. The normalized spacial score (nSPS) is 16.5. The third-order valence-corrected chi connectivity index (χ3v) is 4.79. The first-order valence-electron chi connectivity index (χ1n) is 8.56. The smallest absolute Gasteiger partial charge is 0.382 e. The van der Waals surface area contributed by atoms with E-state index < -0.39 is 29.7 Å². The van der Waals surface area contributed by atoms with Crippen molar-refractivity contribution in [1.29, 1.82) is 0 Å². The molecule has 1 aromatic carbocycles. The quantitative estimate of drug-likeness (QED) is 0.595. The Hall–Kier alpha value is -3.21. The van der Waals surface area contributed by atoms with Gasteiger partial charge in [-0.05, 0) is 30.7 Å². The standard InChI is InChI=1S/C18H12ClF4N5O2/c1-7-5-12(18(21,22)23)24-15-13(7)16(27-26-15)25-17(29)11-6-10(28-30-11)14-8(19)3-2-4-9(14)20/h2-5,11H,6H2,1H3,(H2,24,25,26,27,29). The average molecular weight is 442 g/mol. The Morgan fingerprint density at radius 1 is 1.37 bits per heavy atom. The van der Waals surface area contributed by atoms with E-state index in [0.717, 1.165) is 6.07 Å². The lowest BCUT2D eigenvalue weighted by atomic mass is 10.0. The summed E-state index contributed by atoms with van der Waals surface area (Å²) < 4.78 is 52.8. The summed E-state index contributed by atoms with van der Waals surface area (Å²) in [6, 6.07) is 4.99. The van der Waals surface area contributed by atoms with Crippen LogP contribution in [0.2, 0.25) is 5.02 Å². The maximum atomic E-state index is 14.0. The zero-order chi connectivity index (χ0) is 21.6. The monoisotopic (exact) mass is 441 g/mol. The molecule has 0 spiro atoms. The van der Waals surface area contributed by atoms with Gasteiger partial charge in [-0.15, -0.1) is 0 Å². The highest BCUT2D eigenvalue weighted by atomic mass is 35.5. The summed E-state index contributed by atoms with van der Waals surface area (Å²) in [6.07, 6.45) is -5.76. The van der Waals surface area contributed by atoms with Crippen LogP contribution in [0.3, 0.4) is 0 Å². The van der Waals surface area contributed by atoms with Crippen LogP contribution in [0.5, 0.6) is 0 Å². The predicted octanol–water partition coefficient (Wildman–Crippen LogP) is 4.21. The van der Waals surface area contributed by atoms with E-state index in [1.807, 2.05) is 0 Å². The number of H-pyrrole nitrogens is 1. The number of carbonyl (C=O) groups excluding carboxylic acids is 1. The number of halogens is 5. The second-order valence-electron chi connectivity index (χ2n) is 6.54. The number of anilines is 1. The van der Waals surface area contributed by atoms with Gasteiger partial charge in [0.15, 0.2) is 11.5 Å². The molecule has 0 radical (unpaired) electrons. The van der Waals surface area contributed by atoms with Crippen LogP contribution in [-0.4, -0.2) is 32.9 Å². The number of aromatic nitrogens is 3. The average Bonchev–Trinajstić information content (AvgIpc) is 3.29. The zero-order valence-corrected chi connectivity index (χ0v) is 15.9. The Labute approximate surface area is 171 Å². The van der Waals surface area contributed by atoms with Gasteiger partial charge >= 0.3 is 6.18 Å². The Morgan fingerprint density at radius 3 is 2.83 bits per heavy atom. The molecule has 2 N–H and O–H groups in total. The fourth-order valence-electron chi connectivity index (χ4n) is 3.09. The number of carbonyl (C=O) groups is 1. The first-order chi connectivity index (χ1) is 14.1. The fourth-order valence-corrected chi connectivity index (χ4v) is 3.36. The predicted molar refractivity (Wildman–Crippen MR) is 99.7 cm³/mol. The molecule has 3 heterocycles. The highest BCUT2D eigenvalue weighted by Gasteiger charge is 2.35. The number of rotatable bonds is 3. The van der Waals surface area contributed by atoms with Crippen LogP contribution >= 0.6 is 11.6 Å². The Kier molecular flexibility index (Phi) is 4.85. The maximum absolute atomic E-state index is 14.0. The van der Waals surface area contributed by atoms with Crippen LogP contribution in [0, 0.1) is 12.7 Å². The lowest BCUT2D eigenvalue weighted by Gasteiger charge is -2.10. The minimum atomic E-state index is -4.62. The molecule has 1 unspecified atom stereocenters. The largest absolute Gasteiger partial charge is 0.433 e. The molecule has 1 atom stereocenters. The molecule has 1 aliphatic rings. The second kappa shape index (κ2) is 7.24. The number of pyridine rings is 1. The van der Waals surface area contributed by atoms with E-state index in [4.69, 9.17) is 16.4 Å². The zero-order valence-electron chi connectivity index (χ0n) is 15.1. The molecule has 0 fully saturated rings. The highest BCUT2D eigenvalue weighted by molar-refractivity contribution is 6.34. The van der Waals surface area contributed by atoms with Gasteiger partial charge in [0, 0.05) is 6.42 Å². The van der Waals surface area contributed by atoms with E-state index in [1.165, 1.54) is 25.1 Å². The van der Waals surface area contributed by atoms with Crippen LogP contribution in [0.4, 0.5) is 23.4 Å². The van der Waals surface area contributed by atoms with Crippen molar-refractivity contribution in [3.05, 3.63) is 51.9 Å². The molecule has 0 aliphatic carbocycles. The Balaban J connectivity index is 1.54. The molecule has 0 saturated carbocycles. The minimum absolute atomic E-state index is 0.00491. The molecular formula is C18H12ClF4N5O2. The summed E-state index contributed by atoms with van der Waals surface area (Å²) in [7, 11) is 0. The van der Waals surface area contributed by atoms with Crippen molar-refractivity contribution >= 4 is 40.1 Å². The number of hydrogen-bond donors (Lipinski definition) is 2. The van der Waals surface area contributed by atoms with Crippen molar-refractivity contribution in [2.45, 2.75) is 25.6 Å². The Morgan fingerprint density at radius 2 is 2.13 bits per heavy atom. The van der Waals surface area contributed by atoms with E-state index in [2.05, 4.69) is 25.7 Å². The summed E-state index contributed by atoms with van der Waals surface area (Å²) in [5.41, 5.74) is -0.774. The maximum Gasteiger partial charge on any atom is 0.433 e. The van der Waals surface area contributed by atoms with Crippen molar-refractivity contribution in [2.75, 3.05) is 5.32 Å². The number of oxime groups is 1. The summed E-state index contributed by atoms with van der Waals surface area (Å²) in [4.78, 5) is 21.1. The van der Waals surface area contributed by atoms with Gasteiger partial charge < -0.3 is 10.2 Å². The van der Waals surface area contributed by atoms with Crippen LogP contribution in [0.1, 0.15) is 23.2 Å². The molecule has 1 amide bonds. The van der Waals surface area contributed by atoms with Crippen LogP contribution in [-0.2, 0) is 15.8 Å². The lowest BCUT2D eigenvalue weighted by molar-refractivity contribution is -0.141. The highest BCUT2D eigenvalue weighted by Crippen LogP contribution is 2.32. The first-order valence-corrected chi connectivity index (χ1v) is 8.94. The van der Waals surface area contributed by atoms with Crippen molar-refractivity contribution in [3.8, 4) is 0 Å². The van der Waals surface area contributed by atoms with Gasteiger partial charge in [0.05, 0.1) is 21.7 Å². The Bertz CT molecular complexity index is 1170. The topological polar surface area (TPSA) is 92.3 Å².